The van der Waals surface area contributed by atoms with Gasteiger partial charge in [0.25, 0.3) is 0 Å². The van der Waals surface area contributed by atoms with Crippen LogP contribution in [0.1, 0.15) is 18.4 Å². The number of oxazole rings is 1. The number of benzene rings is 1. The van der Waals surface area contributed by atoms with Gasteiger partial charge in [0.15, 0.2) is 0 Å². The van der Waals surface area contributed by atoms with Crippen LogP contribution in [0, 0.1) is 6.92 Å². The lowest BCUT2D eigenvalue weighted by atomic mass is 10.2. The normalized spacial score (nSPS) is 10.5. The van der Waals surface area contributed by atoms with Crippen molar-refractivity contribution in [2.75, 3.05) is 12.8 Å². The topological polar surface area (TPSA) is 61.3 Å². The van der Waals surface area contributed by atoms with Crippen LogP contribution >= 0.6 is 0 Å². The molecule has 4 heteroatoms. The van der Waals surface area contributed by atoms with Crippen molar-refractivity contribution in [1.29, 1.82) is 0 Å². The number of hydrogen-bond acceptors (Lipinski definition) is 4. The predicted octanol–water partition coefficient (Wildman–Crippen LogP) is 2.80. The lowest BCUT2D eigenvalue weighted by molar-refractivity contribution is 0.415. The first-order chi connectivity index (χ1) is 8.13. The van der Waals surface area contributed by atoms with Gasteiger partial charge in [0.1, 0.15) is 11.5 Å². The Balaban J connectivity index is 2.48. The largest absolute Gasteiger partial charge is 0.497 e. The minimum absolute atomic E-state index is 0.588. The molecule has 0 atom stereocenters. The van der Waals surface area contributed by atoms with Crippen molar-refractivity contribution in [3.05, 3.63) is 29.7 Å². The third-order valence-electron chi connectivity index (χ3n) is 2.63. The maximum atomic E-state index is 5.80. The van der Waals surface area contributed by atoms with Crippen molar-refractivity contribution in [3.63, 3.8) is 0 Å². The molecule has 0 aliphatic carbocycles. The average Bonchev–Trinajstić information content (AvgIpc) is 2.69. The lowest BCUT2D eigenvalue weighted by Crippen LogP contribution is -1.90. The van der Waals surface area contributed by atoms with E-state index in [0.29, 0.717) is 17.3 Å². The van der Waals surface area contributed by atoms with Crippen molar-refractivity contribution in [2.24, 2.45) is 0 Å². The number of ether oxygens (including phenoxy) is 1. The Morgan fingerprint density at radius 1 is 1.35 bits per heavy atom. The summed E-state index contributed by atoms with van der Waals surface area (Å²) in [6.07, 6.45) is 0.832. The molecule has 17 heavy (non-hydrogen) atoms. The van der Waals surface area contributed by atoms with Crippen molar-refractivity contribution in [2.45, 2.75) is 20.3 Å². The highest BCUT2D eigenvalue weighted by molar-refractivity contribution is 5.63. The van der Waals surface area contributed by atoms with Gasteiger partial charge in [0, 0.05) is 23.7 Å². The number of hydrogen-bond donors (Lipinski definition) is 1. The molecular formula is C13H16N2O2. The molecule has 0 aliphatic heterocycles. The molecule has 2 N–H and O–H groups in total. The molecule has 2 aromatic rings. The summed E-state index contributed by atoms with van der Waals surface area (Å²) in [6.45, 7) is 3.98. The van der Waals surface area contributed by atoms with E-state index in [0.717, 1.165) is 23.4 Å². The van der Waals surface area contributed by atoms with Crippen LogP contribution < -0.4 is 10.5 Å². The molecule has 0 bridgehead atoms. The van der Waals surface area contributed by atoms with E-state index in [4.69, 9.17) is 14.9 Å². The van der Waals surface area contributed by atoms with Crippen molar-refractivity contribution < 1.29 is 9.15 Å². The standard InChI is InChI=1S/C13H16N2O2/c1-4-12-8(2)15-13(17-12)9-5-10(14)7-11(6-9)16-3/h5-7H,4,14H2,1-3H3. The summed E-state index contributed by atoms with van der Waals surface area (Å²) in [4.78, 5) is 4.39. The number of methoxy groups -OCH3 is 1. The van der Waals surface area contributed by atoms with Crippen molar-refractivity contribution in [1.82, 2.24) is 4.98 Å². The number of rotatable bonds is 3. The Kier molecular flexibility index (Phi) is 3.04. The molecule has 0 unspecified atom stereocenters. The summed E-state index contributed by atoms with van der Waals surface area (Å²) in [5.41, 5.74) is 8.19. The molecule has 0 radical (unpaired) electrons. The van der Waals surface area contributed by atoms with Crippen molar-refractivity contribution >= 4 is 5.69 Å². The zero-order valence-corrected chi connectivity index (χ0v) is 10.3. The molecule has 90 valence electrons. The van der Waals surface area contributed by atoms with E-state index in [1.54, 1.807) is 13.2 Å². The van der Waals surface area contributed by atoms with E-state index >= 15 is 0 Å². The lowest BCUT2D eigenvalue weighted by Gasteiger charge is -2.03. The summed E-state index contributed by atoms with van der Waals surface area (Å²) in [5.74, 6) is 2.19. The van der Waals surface area contributed by atoms with Gasteiger partial charge in [-0.15, -0.1) is 0 Å². The minimum Gasteiger partial charge on any atom is -0.497 e. The zero-order valence-electron chi connectivity index (χ0n) is 10.3. The summed E-state index contributed by atoms with van der Waals surface area (Å²) in [7, 11) is 1.61. The Hall–Kier alpha value is -1.97. The van der Waals surface area contributed by atoms with Crippen LogP contribution in [0.15, 0.2) is 22.6 Å². The maximum absolute atomic E-state index is 5.80. The van der Waals surface area contributed by atoms with Crippen LogP contribution in [0.25, 0.3) is 11.5 Å². The number of aryl methyl sites for hydroxylation is 2. The first-order valence-electron chi connectivity index (χ1n) is 5.55. The molecule has 0 fully saturated rings. The van der Waals surface area contributed by atoms with Gasteiger partial charge in [-0.3, -0.25) is 0 Å². The Morgan fingerprint density at radius 3 is 2.71 bits per heavy atom. The quantitative estimate of drug-likeness (QED) is 0.826. The van der Waals surface area contributed by atoms with Crippen LogP contribution in [0.4, 0.5) is 5.69 Å². The number of anilines is 1. The van der Waals surface area contributed by atoms with Gasteiger partial charge in [0.2, 0.25) is 5.89 Å². The van der Waals surface area contributed by atoms with Crippen molar-refractivity contribution in [3.8, 4) is 17.2 Å². The van der Waals surface area contributed by atoms with E-state index in [2.05, 4.69) is 4.98 Å². The monoisotopic (exact) mass is 232 g/mol. The minimum atomic E-state index is 0.588. The second kappa shape index (κ2) is 4.49. The van der Waals surface area contributed by atoms with Crippen LogP contribution in [-0.4, -0.2) is 12.1 Å². The third-order valence-corrected chi connectivity index (χ3v) is 2.63. The van der Waals surface area contributed by atoms with Crippen LogP contribution in [0.5, 0.6) is 5.75 Å². The molecule has 1 aromatic heterocycles. The van der Waals surface area contributed by atoms with Gasteiger partial charge in [-0.2, -0.15) is 0 Å². The Labute approximate surface area is 100 Å². The van der Waals surface area contributed by atoms with Gasteiger partial charge in [-0.1, -0.05) is 6.92 Å². The van der Waals surface area contributed by atoms with E-state index in [1.807, 2.05) is 26.0 Å². The van der Waals surface area contributed by atoms with Crippen LogP contribution in [-0.2, 0) is 6.42 Å². The van der Waals surface area contributed by atoms with E-state index in [-0.39, 0.29) is 0 Å². The van der Waals surface area contributed by atoms with Crippen LogP contribution in [0.2, 0.25) is 0 Å². The summed E-state index contributed by atoms with van der Waals surface area (Å²) in [6, 6.07) is 5.45. The zero-order chi connectivity index (χ0) is 12.4. The number of nitrogens with two attached hydrogens (primary N) is 1. The highest BCUT2D eigenvalue weighted by Gasteiger charge is 2.11. The molecule has 0 spiro atoms. The molecule has 1 aromatic carbocycles. The SMILES string of the molecule is CCc1oc(-c2cc(N)cc(OC)c2)nc1C. The molecule has 2 rings (SSSR count). The molecule has 0 saturated heterocycles. The number of nitrogen functional groups attached to an aromatic ring is 1. The fourth-order valence-corrected chi connectivity index (χ4v) is 1.74. The summed E-state index contributed by atoms with van der Waals surface area (Å²) >= 11 is 0. The van der Waals surface area contributed by atoms with E-state index in [9.17, 15) is 0 Å². The highest BCUT2D eigenvalue weighted by Crippen LogP contribution is 2.28. The first-order valence-corrected chi connectivity index (χ1v) is 5.55. The molecule has 0 amide bonds. The third kappa shape index (κ3) is 2.25. The summed E-state index contributed by atoms with van der Waals surface area (Å²) in [5, 5.41) is 0. The smallest absolute Gasteiger partial charge is 0.226 e. The molecule has 0 aliphatic rings. The van der Waals surface area contributed by atoms with Gasteiger partial charge < -0.3 is 14.9 Å². The van der Waals surface area contributed by atoms with Gasteiger partial charge in [-0.25, -0.2) is 4.98 Å². The molecular weight excluding hydrogens is 216 g/mol. The van der Waals surface area contributed by atoms with E-state index < -0.39 is 0 Å². The summed E-state index contributed by atoms with van der Waals surface area (Å²) < 4.78 is 10.9. The fraction of sp³-hybridized carbons (Fsp3) is 0.308. The second-order valence-corrected chi connectivity index (χ2v) is 3.88. The Morgan fingerprint density at radius 2 is 2.12 bits per heavy atom. The average molecular weight is 232 g/mol. The number of aromatic nitrogens is 1. The van der Waals surface area contributed by atoms with Gasteiger partial charge in [0.05, 0.1) is 12.8 Å². The molecule has 4 nitrogen and oxygen atoms in total. The maximum Gasteiger partial charge on any atom is 0.226 e. The van der Waals surface area contributed by atoms with Crippen LogP contribution in [0.3, 0.4) is 0 Å². The number of nitrogens with zero attached hydrogens (tertiary/aromatic N) is 1. The van der Waals surface area contributed by atoms with Gasteiger partial charge >= 0.3 is 0 Å². The van der Waals surface area contributed by atoms with Gasteiger partial charge in [-0.05, 0) is 19.1 Å². The molecule has 0 saturated carbocycles. The Bertz CT molecular complexity index is 532. The molecule has 1 heterocycles. The van der Waals surface area contributed by atoms with E-state index in [1.165, 1.54) is 0 Å². The highest BCUT2D eigenvalue weighted by atomic mass is 16.5. The predicted molar refractivity (Wildman–Crippen MR) is 67.0 cm³/mol. The second-order valence-electron chi connectivity index (χ2n) is 3.88. The fourth-order valence-electron chi connectivity index (χ4n) is 1.74. The first kappa shape index (κ1) is 11.5.